The average molecular weight is 684 g/mol. The van der Waals surface area contributed by atoms with Gasteiger partial charge in [0.05, 0.1) is 19.5 Å². The first-order chi connectivity index (χ1) is 23.1. The standard InChI is InChI=1S/C39H74NO6P/c1-3-5-7-9-11-13-15-17-18-19-21-23-25-27-29-31-34-43-36-38(37-45-47(42)40-33-35-44-47)46-39(41)32-30-28-26-24-22-20-16-14-12-10-8-6-4-2/h17-18,31,34,38H,3-16,19-30,32-33,35-37H2,1-2H3,(H,40,42)/b18-17-,34-31-. The summed E-state index contributed by atoms with van der Waals surface area (Å²) in [5, 5.41) is 2.76. The quantitative estimate of drug-likeness (QED) is 0.0234. The van der Waals surface area contributed by atoms with Crippen molar-refractivity contribution in [3.05, 3.63) is 24.5 Å². The van der Waals surface area contributed by atoms with Crippen LogP contribution in [0.25, 0.3) is 0 Å². The van der Waals surface area contributed by atoms with Gasteiger partial charge in [0.25, 0.3) is 0 Å². The Labute approximate surface area is 290 Å². The van der Waals surface area contributed by atoms with Crippen molar-refractivity contribution in [2.24, 2.45) is 0 Å². The molecule has 0 spiro atoms. The number of carbonyl (C=O) groups excluding carboxylic acids is 1. The molecule has 1 aliphatic heterocycles. The molecule has 8 heteroatoms. The van der Waals surface area contributed by atoms with Crippen LogP contribution < -0.4 is 5.09 Å². The third-order valence-corrected chi connectivity index (χ3v) is 10.4. The molecule has 0 radical (unpaired) electrons. The molecular weight excluding hydrogens is 609 g/mol. The van der Waals surface area contributed by atoms with E-state index in [-0.39, 0.29) is 19.2 Å². The van der Waals surface area contributed by atoms with Crippen molar-refractivity contribution in [1.29, 1.82) is 0 Å². The number of unbranched alkanes of at least 4 members (excludes halogenated alkanes) is 23. The van der Waals surface area contributed by atoms with Crippen LogP contribution in [0.4, 0.5) is 0 Å². The van der Waals surface area contributed by atoms with Gasteiger partial charge in [-0.05, 0) is 51.0 Å². The van der Waals surface area contributed by atoms with Crippen LogP contribution in [0, 0.1) is 0 Å². The van der Waals surface area contributed by atoms with Gasteiger partial charge in [-0.15, -0.1) is 0 Å². The minimum Gasteiger partial charge on any atom is -0.498 e. The first kappa shape index (κ1) is 43.9. The largest absolute Gasteiger partial charge is 0.498 e. The summed E-state index contributed by atoms with van der Waals surface area (Å²) in [4.78, 5) is 12.6. The van der Waals surface area contributed by atoms with Gasteiger partial charge in [-0.1, -0.05) is 148 Å². The van der Waals surface area contributed by atoms with E-state index in [0.717, 1.165) is 32.1 Å². The number of nitrogens with one attached hydrogen (secondary N) is 1. The van der Waals surface area contributed by atoms with Crippen molar-refractivity contribution in [3.63, 3.8) is 0 Å². The molecule has 0 aromatic heterocycles. The SMILES string of the molecule is CCCCCCCC/C=C\CCCCCC/C=C\OCC(COP1(=O)NCCO1)OC(=O)CCCCCCCCCCCCCCC. The fraction of sp³-hybridized carbons (Fsp3) is 0.872. The van der Waals surface area contributed by atoms with Crippen molar-refractivity contribution in [2.45, 2.75) is 193 Å². The van der Waals surface area contributed by atoms with Crippen LogP contribution in [0.3, 0.4) is 0 Å². The molecule has 1 fully saturated rings. The lowest BCUT2D eigenvalue weighted by Crippen LogP contribution is -2.28. The van der Waals surface area contributed by atoms with Gasteiger partial charge in [0, 0.05) is 13.0 Å². The monoisotopic (exact) mass is 684 g/mol. The first-order valence-electron chi connectivity index (χ1n) is 19.8. The van der Waals surface area contributed by atoms with E-state index in [0.29, 0.717) is 19.6 Å². The Morgan fingerprint density at radius 2 is 1.13 bits per heavy atom. The Morgan fingerprint density at radius 1 is 0.660 bits per heavy atom. The Hall–Kier alpha value is -1.14. The van der Waals surface area contributed by atoms with E-state index in [1.54, 1.807) is 6.26 Å². The summed E-state index contributed by atoms with van der Waals surface area (Å²) < 4.78 is 34.6. The summed E-state index contributed by atoms with van der Waals surface area (Å²) >= 11 is 0. The molecule has 1 saturated heterocycles. The predicted molar refractivity (Wildman–Crippen MR) is 198 cm³/mol. The Balaban J connectivity index is 2.12. The third-order valence-electron chi connectivity index (χ3n) is 8.74. The number of esters is 1. The number of hydrogen-bond acceptors (Lipinski definition) is 6. The summed E-state index contributed by atoms with van der Waals surface area (Å²) in [7, 11) is -3.32. The molecule has 0 bridgehead atoms. The molecule has 0 aromatic carbocycles. The summed E-state index contributed by atoms with van der Waals surface area (Å²) in [6, 6.07) is 0. The van der Waals surface area contributed by atoms with E-state index in [2.05, 4.69) is 31.1 Å². The van der Waals surface area contributed by atoms with Crippen LogP contribution in [-0.2, 0) is 27.9 Å². The van der Waals surface area contributed by atoms with Crippen LogP contribution in [0.5, 0.6) is 0 Å². The van der Waals surface area contributed by atoms with Crippen molar-refractivity contribution in [2.75, 3.05) is 26.4 Å². The molecule has 2 unspecified atom stereocenters. The minimum atomic E-state index is -3.32. The number of hydrogen-bond donors (Lipinski definition) is 1. The van der Waals surface area contributed by atoms with Gasteiger partial charge < -0.3 is 9.47 Å². The van der Waals surface area contributed by atoms with Crippen molar-refractivity contribution in [3.8, 4) is 0 Å². The van der Waals surface area contributed by atoms with Gasteiger partial charge in [-0.25, -0.2) is 9.65 Å². The van der Waals surface area contributed by atoms with Gasteiger partial charge in [0.2, 0.25) is 0 Å². The maximum atomic E-state index is 12.6. The fourth-order valence-corrected chi connectivity index (χ4v) is 7.08. The lowest BCUT2D eigenvalue weighted by molar-refractivity contribution is -0.153. The highest BCUT2D eigenvalue weighted by molar-refractivity contribution is 7.51. The molecule has 1 N–H and O–H groups in total. The zero-order valence-corrected chi connectivity index (χ0v) is 31.6. The lowest BCUT2D eigenvalue weighted by atomic mass is 10.0. The molecular formula is C39H74NO6P. The fourth-order valence-electron chi connectivity index (χ4n) is 5.76. The van der Waals surface area contributed by atoms with Crippen LogP contribution in [-0.4, -0.2) is 38.4 Å². The highest BCUT2D eigenvalue weighted by Crippen LogP contribution is 2.46. The number of rotatable bonds is 35. The third kappa shape index (κ3) is 29.5. The normalized spacial score (nSPS) is 17.2. The number of allylic oxidation sites excluding steroid dienone is 3. The average Bonchev–Trinajstić information content (AvgIpc) is 3.51. The van der Waals surface area contributed by atoms with Crippen molar-refractivity contribution < 1.29 is 27.9 Å². The molecule has 0 aliphatic carbocycles. The molecule has 2 atom stereocenters. The molecule has 0 aromatic rings. The van der Waals surface area contributed by atoms with Gasteiger partial charge in [0.1, 0.15) is 6.61 Å². The van der Waals surface area contributed by atoms with Crippen LogP contribution in [0.1, 0.15) is 187 Å². The Kier molecular flexibility index (Phi) is 31.1. The van der Waals surface area contributed by atoms with Crippen LogP contribution >= 0.6 is 7.75 Å². The van der Waals surface area contributed by atoms with Crippen LogP contribution in [0.15, 0.2) is 24.5 Å². The zero-order valence-electron chi connectivity index (χ0n) is 30.7. The molecule has 0 saturated carbocycles. The highest BCUT2D eigenvalue weighted by atomic mass is 31.2. The maximum absolute atomic E-state index is 12.6. The smallest absolute Gasteiger partial charge is 0.405 e. The molecule has 0 amide bonds. The molecule has 1 aliphatic rings. The number of ether oxygens (including phenoxy) is 2. The highest BCUT2D eigenvalue weighted by Gasteiger charge is 2.31. The van der Waals surface area contributed by atoms with Gasteiger partial charge in [0.15, 0.2) is 6.10 Å². The minimum absolute atomic E-state index is 0.0319. The van der Waals surface area contributed by atoms with E-state index in [4.69, 9.17) is 18.5 Å². The first-order valence-corrected chi connectivity index (χ1v) is 21.4. The second kappa shape index (κ2) is 33.4. The number of carbonyl (C=O) groups is 1. The molecule has 1 heterocycles. The second-order valence-electron chi connectivity index (χ2n) is 13.4. The summed E-state index contributed by atoms with van der Waals surface area (Å²) in [5.41, 5.74) is 0. The van der Waals surface area contributed by atoms with Gasteiger partial charge in [-0.3, -0.25) is 13.8 Å². The summed E-state index contributed by atoms with van der Waals surface area (Å²) in [5.74, 6) is -0.259. The Bertz CT molecular complexity index is 794. The van der Waals surface area contributed by atoms with E-state index in [1.165, 1.54) is 135 Å². The van der Waals surface area contributed by atoms with Gasteiger partial charge in [-0.2, -0.15) is 0 Å². The maximum Gasteiger partial charge on any atom is 0.405 e. The molecule has 47 heavy (non-hydrogen) atoms. The molecule has 7 nitrogen and oxygen atoms in total. The summed E-state index contributed by atoms with van der Waals surface area (Å²) in [6.45, 7) is 5.48. The zero-order chi connectivity index (χ0) is 33.9. The summed E-state index contributed by atoms with van der Waals surface area (Å²) in [6.07, 6.45) is 41.0. The van der Waals surface area contributed by atoms with Crippen molar-refractivity contribution >= 4 is 13.7 Å². The van der Waals surface area contributed by atoms with E-state index in [9.17, 15) is 9.36 Å². The van der Waals surface area contributed by atoms with E-state index < -0.39 is 13.9 Å². The predicted octanol–water partition coefficient (Wildman–Crippen LogP) is 12.3. The Morgan fingerprint density at radius 3 is 1.62 bits per heavy atom. The topological polar surface area (TPSA) is 83.1 Å². The molecule has 276 valence electrons. The van der Waals surface area contributed by atoms with E-state index >= 15 is 0 Å². The second-order valence-corrected chi connectivity index (χ2v) is 15.2. The van der Waals surface area contributed by atoms with Crippen molar-refractivity contribution in [1.82, 2.24) is 5.09 Å². The van der Waals surface area contributed by atoms with Gasteiger partial charge >= 0.3 is 13.7 Å². The molecule has 1 rings (SSSR count). The van der Waals surface area contributed by atoms with E-state index in [1.807, 2.05) is 6.08 Å². The lowest BCUT2D eigenvalue weighted by Gasteiger charge is -2.19. The van der Waals surface area contributed by atoms with Crippen LogP contribution in [0.2, 0.25) is 0 Å².